The highest BCUT2D eigenvalue weighted by Gasteiger charge is 2.65. The quantitative estimate of drug-likeness (QED) is 0.107. The Balaban J connectivity index is 2.28. The van der Waals surface area contributed by atoms with Crippen molar-refractivity contribution in [3.63, 3.8) is 0 Å². The minimum absolute atomic E-state index is 0.650. The molecule has 0 bridgehead atoms. The molecule has 0 unspecified atom stereocenters. The number of hydrogen-bond acceptors (Lipinski definition) is 27. The van der Waals surface area contributed by atoms with Crippen molar-refractivity contribution in [1.82, 2.24) is 0 Å². The Kier molecular flexibility index (Phi) is 20.3. The summed E-state index contributed by atoms with van der Waals surface area (Å²) >= 11 is 0. The highest BCUT2D eigenvalue weighted by atomic mass is 16.8. The molecule has 0 saturated carbocycles. The lowest BCUT2D eigenvalue weighted by Crippen LogP contribution is -2.66. The monoisotopic (exact) mass is 966 g/mol. The summed E-state index contributed by atoms with van der Waals surface area (Å²) in [5.41, 5.74) is 0. The Morgan fingerprint density at radius 3 is 1.12 bits per heavy atom. The Labute approximate surface area is 382 Å². The summed E-state index contributed by atoms with van der Waals surface area (Å²) in [4.78, 5) is 137. The van der Waals surface area contributed by atoms with Crippen molar-refractivity contribution in [2.45, 2.75) is 162 Å². The van der Waals surface area contributed by atoms with Crippen LogP contribution in [0.1, 0.15) is 76.2 Å². The molecule has 3 saturated heterocycles. The number of carbonyl (C=O) groups is 11. The average molecular weight is 967 g/mol. The van der Waals surface area contributed by atoms with Gasteiger partial charge in [-0.3, -0.25) is 52.7 Å². The first-order valence-corrected chi connectivity index (χ1v) is 20.3. The van der Waals surface area contributed by atoms with E-state index in [1.165, 1.54) is 0 Å². The first-order chi connectivity index (χ1) is 31.2. The molecule has 3 rings (SSSR count). The van der Waals surface area contributed by atoms with Crippen LogP contribution in [0.4, 0.5) is 0 Å². The van der Waals surface area contributed by atoms with Gasteiger partial charge in [0.15, 0.2) is 55.1 Å². The van der Waals surface area contributed by atoms with Gasteiger partial charge in [-0.05, 0) is 0 Å². The van der Waals surface area contributed by atoms with Gasteiger partial charge >= 0.3 is 65.7 Å². The molecule has 27 nitrogen and oxygen atoms in total. The van der Waals surface area contributed by atoms with Gasteiger partial charge in [0.25, 0.3) is 0 Å². The van der Waals surface area contributed by atoms with E-state index >= 15 is 0 Å². The van der Waals surface area contributed by atoms with Gasteiger partial charge in [0.1, 0.15) is 38.1 Å². The van der Waals surface area contributed by atoms with Crippen molar-refractivity contribution in [2.24, 2.45) is 0 Å². The lowest BCUT2D eigenvalue weighted by Gasteiger charge is -2.47. The van der Waals surface area contributed by atoms with Crippen LogP contribution in [-0.2, 0) is 129 Å². The maximum absolute atomic E-state index is 12.8. The standard InChI is InChI=1S/C40H54O27/c1-16(41)52-12-27-30(56-19(4)44)33(59-22(7)47)35(61-24(9)49)38(64-27)54-13-28-31(57-20(5)45)34(60-23(8)48)36(62-25(10)50)39(65-28)67-40(15-55-18(3)43)37(63-26(11)51)32(58-21(6)46)29(66-40)14-53-17(2)42/h27-39H,12-15H2,1-11H3/t27-,28-,29-,30+,31-,32-,33+,34+,35-,36-,37+,38+,39-,40-/m1/s1. The van der Waals surface area contributed by atoms with E-state index in [9.17, 15) is 52.7 Å². The number of ether oxygens (including phenoxy) is 16. The summed E-state index contributed by atoms with van der Waals surface area (Å²) in [5.74, 6) is -13.3. The lowest BCUT2D eigenvalue weighted by atomic mass is 9.97. The molecule has 3 heterocycles. The maximum atomic E-state index is 12.8. The molecule has 3 fully saturated rings. The van der Waals surface area contributed by atoms with Gasteiger partial charge in [0, 0.05) is 76.2 Å². The Morgan fingerprint density at radius 2 is 0.701 bits per heavy atom. The third-order valence-electron chi connectivity index (χ3n) is 9.16. The molecule has 67 heavy (non-hydrogen) atoms. The van der Waals surface area contributed by atoms with Gasteiger partial charge in [0.05, 0.1) is 6.61 Å². The number of hydrogen-bond donors (Lipinski definition) is 0. The van der Waals surface area contributed by atoms with Crippen LogP contribution in [0.25, 0.3) is 0 Å². The molecular weight excluding hydrogens is 912 g/mol. The van der Waals surface area contributed by atoms with E-state index in [1.807, 2.05) is 0 Å². The number of rotatable bonds is 19. The Bertz CT molecular complexity index is 1860. The van der Waals surface area contributed by atoms with Crippen molar-refractivity contribution in [3.05, 3.63) is 0 Å². The van der Waals surface area contributed by atoms with Crippen molar-refractivity contribution in [3.8, 4) is 0 Å². The zero-order chi connectivity index (χ0) is 50.5. The molecule has 0 amide bonds. The van der Waals surface area contributed by atoms with E-state index in [4.69, 9.17) is 75.8 Å². The molecule has 376 valence electrons. The van der Waals surface area contributed by atoms with Crippen molar-refractivity contribution in [2.75, 3.05) is 26.4 Å². The second-order valence-electron chi connectivity index (χ2n) is 14.9. The molecular formula is C40H54O27. The van der Waals surface area contributed by atoms with Gasteiger partial charge < -0.3 is 75.8 Å². The van der Waals surface area contributed by atoms with E-state index in [0.717, 1.165) is 76.2 Å². The van der Waals surface area contributed by atoms with Crippen LogP contribution in [0.3, 0.4) is 0 Å². The molecule has 0 N–H and O–H groups in total. The molecule has 0 aromatic rings. The van der Waals surface area contributed by atoms with Crippen LogP contribution in [0.15, 0.2) is 0 Å². The van der Waals surface area contributed by atoms with E-state index < -0.39 is 178 Å². The second-order valence-corrected chi connectivity index (χ2v) is 14.9. The zero-order valence-corrected chi connectivity index (χ0v) is 38.4. The fourth-order valence-electron chi connectivity index (χ4n) is 7.07. The molecule has 0 aliphatic carbocycles. The topological polar surface area (TPSA) is 335 Å². The molecule has 0 aromatic heterocycles. The molecule has 14 atom stereocenters. The van der Waals surface area contributed by atoms with Crippen LogP contribution in [0.5, 0.6) is 0 Å². The highest BCUT2D eigenvalue weighted by molar-refractivity contribution is 5.71. The Morgan fingerprint density at radius 1 is 0.358 bits per heavy atom. The van der Waals surface area contributed by atoms with E-state index in [-0.39, 0.29) is 0 Å². The fraction of sp³-hybridized carbons (Fsp3) is 0.725. The smallest absolute Gasteiger partial charge is 0.303 e. The third kappa shape index (κ3) is 16.4. The van der Waals surface area contributed by atoms with Crippen LogP contribution in [0.2, 0.25) is 0 Å². The SMILES string of the molecule is CC(=O)OC[C@H]1O[C@H](OC[C@H]2O[C@H](O[C@@]3(COC(C)=O)O[C@H](COC(C)=O)[C@@H](OC(C)=O)[C@@H]3OC(C)=O)[C@H](OC(C)=O)[C@@H](OC(C)=O)[C@@H]2OC(C)=O)[C@H](OC(C)=O)[C@@H](OC(C)=O)[C@H]1OC(C)=O. The zero-order valence-electron chi connectivity index (χ0n) is 38.4. The molecule has 0 aromatic carbocycles. The van der Waals surface area contributed by atoms with Crippen LogP contribution < -0.4 is 0 Å². The largest absolute Gasteiger partial charge is 0.463 e. The molecule has 0 radical (unpaired) electrons. The first kappa shape index (κ1) is 55.3. The summed E-state index contributed by atoms with van der Waals surface area (Å²) in [6, 6.07) is 0. The van der Waals surface area contributed by atoms with Gasteiger partial charge in [-0.15, -0.1) is 0 Å². The molecule has 27 heteroatoms. The first-order valence-electron chi connectivity index (χ1n) is 20.3. The van der Waals surface area contributed by atoms with Crippen molar-refractivity contribution < 1.29 is 129 Å². The van der Waals surface area contributed by atoms with E-state index in [1.54, 1.807) is 0 Å². The van der Waals surface area contributed by atoms with Gasteiger partial charge in [-0.2, -0.15) is 0 Å². The highest BCUT2D eigenvalue weighted by Crippen LogP contribution is 2.42. The summed E-state index contributed by atoms with van der Waals surface area (Å²) in [6.45, 7) is 7.51. The van der Waals surface area contributed by atoms with Gasteiger partial charge in [-0.25, -0.2) is 0 Å². The van der Waals surface area contributed by atoms with E-state index in [0.29, 0.717) is 0 Å². The van der Waals surface area contributed by atoms with Gasteiger partial charge in [-0.1, -0.05) is 0 Å². The van der Waals surface area contributed by atoms with Crippen LogP contribution in [0, 0.1) is 0 Å². The minimum atomic E-state index is -2.66. The predicted octanol–water partition coefficient (Wildman–Crippen LogP) is -1.29. The minimum Gasteiger partial charge on any atom is -0.463 e. The molecule has 3 aliphatic heterocycles. The third-order valence-corrected chi connectivity index (χ3v) is 9.16. The molecule has 0 spiro atoms. The van der Waals surface area contributed by atoms with Crippen molar-refractivity contribution >= 4 is 65.7 Å². The molecule has 3 aliphatic rings. The normalized spacial score (nSPS) is 31.1. The number of esters is 11. The van der Waals surface area contributed by atoms with Crippen molar-refractivity contribution in [1.29, 1.82) is 0 Å². The number of carbonyl (C=O) groups excluding carboxylic acids is 11. The van der Waals surface area contributed by atoms with Crippen LogP contribution in [-0.4, -0.2) is 178 Å². The predicted molar refractivity (Wildman–Crippen MR) is 206 cm³/mol. The second kappa shape index (κ2) is 24.7. The summed E-state index contributed by atoms with van der Waals surface area (Å²) in [6.07, 6.45) is -23.3. The maximum Gasteiger partial charge on any atom is 0.303 e. The summed E-state index contributed by atoms with van der Waals surface area (Å²) in [7, 11) is 0. The fourth-order valence-corrected chi connectivity index (χ4v) is 7.07. The van der Waals surface area contributed by atoms with E-state index in [2.05, 4.69) is 0 Å². The summed E-state index contributed by atoms with van der Waals surface area (Å²) in [5, 5.41) is 0. The summed E-state index contributed by atoms with van der Waals surface area (Å²) < 4.78 is 90.3. The Hall–Kier alpha value is -6.03. The van der Waals surface area contributed by atoms with Gasteiger partial charge in [0.2, 0.25) is 12.1 Å². The lowest BCUT2D eigenvalue weighted by molar-refractivity contribution is -0.388. The van der Waals surface area contributed by atoms with Crippen LogP contribution >= 0.6 is 0 Å². The average Bonchev–Trinajstić information content (AvgIpc) is 3.44.